The van der Waals surface area contributed by atoms with Gasteiger partial charge >= 0.3 is 0 Å². The fourth-order valence-electron chi connectivity index (χ4n) is 1.82. The molecule has 0 spiro atoms. The molecule has 0 fully saturated rings. The van der Waals surface area contributed by atoms with Gasteiger partial charge in [0.15, 0.2) is 0 Å². The number of nitro groups is 1. The minimum Gasteiger partial charge on any atom is -0.369 e. The smallest absolute Gasteiger partial charge is 0.269 e. The van der Waals surface area contributed by atoms with E-state index in [1.165, 1.54) is 6.07 Å². The van der Waals surface area contributed by atoms with Crippen LogP contribution in [0.4, 0.5) is 5.69 Å². The molecule has 0 aliphatic rings. The number of hydrogen-bond donors (Lipinski definition) is 2. The van der Waals surface area contributed by atoms with Crippen LogP contribution in [0, 0.1) is 15.5 Å². The summed E-state index contributed by atoms with van der Waals surface area (Å²) in [4.78, 5) is 21.7. The first kappa shape index (κ1) is 16.1. The molecule has 0 radical (unpaired) electrons. The molecule has 1 atom stereocenters. The number of benzene rings is 1. The van der Waals surface area contributed by atoms with E-state index in [1.54, 1.807) is 26.0 Å². The van der Waals surface area contributed by atoms with Gasteiger partial charge in [0.1, 0.15) is 0 Å². The van der Waals surface area contributed by atoms with Gasteiger partial charge in [0, 0.05) is 24.7 Å². The van der Waals surface area contributed by atoms with Crippen LogP contribution in [0.3, 0.4) is 0 Å². The van der Waals surface area contributed by atoms with Gasteiger partial charge in [-0.2, -0.15) is 0 Å². The summed E-state index contributed by atoms with van der Waals surface area (Å²) < 4.78 is 0. The van der Waals surface area contributed by atoms with Crippen LogP contribution in [0.15, 0.2) is 24.3 Å². The van der Waals surface area contributed by atoms with Crippen LogP contribution in [0.2, 0.25) is 0 Å². The normalized spacial score (nSPS) is 12.9. The number of nitrogens with two attached hydrogens (primary N) is 1. The maximum atomic E-state index is 11.3. The molecule has 0 heterocycles. The maximum Gasteiger partial charge on any atom is 0.269 e. The molecule has 6 heteroatoms. The summed E-state index contributed by atoms with van der Waals surface area (Å²) in [5.74, 6) is -0.376. The summed E-state index contributed by atoms with van der Waals surface area (Å²) in [6, 6.07) is 6.47. The number of hydrogen-bond acceptors (Lipinski definition) is 4. The van der Waals surface area contributed by atoms with Crippen molar-refractivity contribution in [1.82, 2.24) is 5.32 Å². The fraction of sp³-hybridized carbons (Fsp3) is 0.500. The molecule has 3 N–H and O–H groups in total. The lowest BCUT2D eigenvalue weighted by molar-refractivity contribution is -0.384. The van der Waals surface area contributed by atoms with Crippen molar-refractivity contribution >= 4 is 11.6 Å². The van der Waals surface area contributed by atoms with Crippen molar-refractivity contribution in [3.63, 3.8) is 0 Å². The van der Waals surface area contributed by atoms with Crippen molar-refractivity contribution in [2.24, 2.45) is 11.1 Å². The molecule has 1 unspecified atom stereocenters. The number of primary amides is 1. The Morgan fingerprint density at radius 1 is 1.50 bits per heavy atom. The number of carbonyl (C=O) groups excluding carboxylic acids is 1. The van der Waals surface area contributed by atoms with Crippen molar-refractivity contribution in [1.29, 1.82) is 0 Å². The van der Waals surface area contributed by atoms with Crippen LogP contribution in [-0.2, 0) is 4.79 Å². The van der Waals surface area contributed by atoms with E-state index in [0.29, 0.717) is 6.54 Å². The van der Waals surface area contributed by atoms with Crippen molar-refractivity contribution in [2.45, 2.75) is 33.2 Å². The van der Waals surface area contributed by atoms with Gasteiger partial charge in [-0.05, 0) is 25.8 Å². The molecule has 20 heavy (non-hydrogen) atoms. The van der Waals surface area contributed by atoms with E-state index < -0.39 is 10.3 Å². The third kappa shape index (κ3) is 4.03. The SMILES string of the molecule is CCC(NCC(C)(C)C(N)=O)c1cccc([N+](=O)[O-])c1. The van der Waals surface area contributed by atoms with E-state index in [2.05, 4.69) is 5.32 Å². The van der Waals surface area contributed by atoms with Crippen LogP contribution in [0.1, 0.15) is 38.8 Å². The summed E-state index contributed by atoms with van der Waals surface area (Å²) >= 11 is 0. The molecular weight excluding hydrogens is 258 g/mol. The highest BCUT2D eigenvalue weighted by atomic mass is 16.6. The Labute approximate surface area is 118 Å². The number of nitro benzene ring substituents is 1. The van der Waals surface area contributed by atoms with Crippen LogP contribution in [0.25, 0.3) is 0 Å². The van der Waals surface area contributed by atoms with Gasteiger partial charge in [-0.25, -0.2) is 0 Å². The molecule has 0 saturated carbocycles. The predicted octanol–water partition coefficient (Wildman–Crippen LogP) is 2.15. The highest BCUT2D eigenvalue weighted by Gasteiger charge is 2.26. The van der Waals surface area contributed by atoms with E-state index in [-0.39, 0.29) is 17.6 Å². The molecule has 0 aliphatic carbocycles. The number of nitrogens with zero attached hydrogens (tertiary/aromatic N) is 1. The molecule has 1 rings (SSSR count). The molecular formula is C14H21N3O3. The van der Waals surface area contributed by atoms with Crippen LogP contribution in [0.5, 0.6) is 0 Å². The molecule has 0 aromatic heterocycles. The quantitative estimate of drug-likeness (QED) is 0.590. The first-order valence-corrected chi connectivity index (χ1v) is 6.55. The summed E-state index contributed by atoms with van der Waals surface area (Å²) in [6.07, 6.45) is 0.760. The third-order valence-corrected chi connectivity index (χ3v) is 3.35. The van der Waals surface area contributed by atoms with Crippen molar-refractivity contribution in [3.8, 4) is 0 Å². The zero-order valence-electron chi connectivity index (χ0n) is 12.1. The Balaban J connectivity index is 2.84. The van der Waals surface area contributed by atoms with Gasteiger partial charge in [0.05, 0.1) is 10.3 Å². The minimum atomic E-state index is -0.659. The van der Waals surface area contributed by atoms with Crippen molar-refractivity contribution in [2.75, 3.05) is 6.54 Å². The average molecular weight is 279 g/mol. The first-order valence-electron chi connectivity index (χ1n) is 6.55. The summed E-state index contributed by atoms with van der Waals surface area (Å²) in [5, 5.41) is 14.0. The molecule has 1 amide bonds. The highest BCUT2D eigenvalue weighted by Crippen LogP contribution is 2.23. The highest BCUT2D eigenvalue weighted by molar-refractivity contribution is 5.80. The maximum absolute atomic E-state index is 11.3. The number of amides is 1. The zero-order valence-corrected chi connectivity index (χ0v) is 12.1. The predicted molar refractivity (Wildman–Crippen MR) is 77.1 cm³/mol. The topological polar surface area (TPSA) is 98.3 Å². The molecule has 0 bridgehead atoms. The largest absolute Gasteiger partial charge is 0.369 e. The Morgan fingerprint density at radius 3 is 2.65 bits per heavy atom. The Bertz CT molecular complexity index is 500. The lowest BCUT2D eigenvalue weighted by Gasteiger charge is -2.25. The average Bonchev–Trinajstić information content (AvgIpc) is 2.39. The van der Waals surface area contributed by atoms with Crippen LogP contribution < -0.4 is 11.1 Å². The summed E-state index contributed by atoms with van der Waals surface area (Å²) in [5.41, 5.74) is 5.58. The number of rotatable bonds is 7. The van der Waals surface area contributed by atoms with Crippen LogP contribution >= 0.6 is 0 Å². The minimum absolute atomic E-state index is 0.0477. The number of nitrogens with one attached hydrogen (secondary N) is 1. The Morgan fingerprint density at radius 2 is 2.15 bits per heavy atom. The van der Waals surface area contributed by atoms with Crippen molar-refractivity contribution < 1.29 is 9.72 Å². The molecule has 6 nitrogen and oxygen atoms in total. The lowest BCUT2D eigenvalue weighted by Crippen LogP contribution is -2.41. The summed E-state index contributed by atoms with van der Waals surface area (Å²) in [7, 11) is 0. The standard InChI is InChI=1S/C14H21N3O3/c1-4-12(16-9-14(2,3)13(15)18)10-6-5-7-11(8-10)17(19)20/h5-8,12,16H,4,9H2,1-3H3,(H2,15,18). The van der Waals surface area contributed by atoms with Crippen LogP contribution in [-0.4, -0.2) is 17.4 Å². The Hall–Kier alpha value is -1.95. The third-order valence-electron chi connectivity index (χ3n) is 3.35. The van der Waals surface area contributed by atoms with E-state index in [0.717, 1.165) is 12.0 Å². The second kappa shape index (κ2) is 6.47. The van der Waals surface area contributed by atoms with E-state index >= 15 is 0 Å². The van der Waals surface area contributed by atoms with Gasteiger partial charge < -0.3 is 11.1 Å². The first-order chi connectivity index (χ1) is 9.27. The van der Waals surface area contributed by atoms with E-state index in [4.69, 9.17) is 5.73 Å². The van der Waals surface area contributed by atoms with Gasteiger partial charge in [-0.15, -0.1) is 0 Å². The molecule has 0 saturated heterocycles. The van der Waals surface area contributed by atoms with Gasteiger partial charge in [0.2, 0.25) is 5.91 Å². The fourth-order valence-corrected chi connectivity index (χ4v) is 1.82. The molecule has 1 aromatic carbocycles. The van der Waals surface area contributed by atoms with Crippen molar-refractivity contribution in [3.05, 3.63) is 39.9 Å². The molecule has 1 aromatic rings. The van der Waals surface area contributed by atoms with E-state index in [1.807, 2.05) is 13.0 Å². The second-order valence-corrected chi connectivity index (χ2v) is 5.44. The Kier molecular flexibility index (Phi) is 5.21. The van der Waals surface area contributed by atoms with Gasteiger partial charge in [-0.3, -0.25) is 14.9 Å². The number of carbonyl (C=O) groups is 1. The van der Waals surface area contributed by atoms with Gasteiger partial charge in [0.25, 0.3) is 5.69 Å². The monoisotopic (exact) mass is 279 g/mol. The molecule has 110 valence electrons. The number of non-ortho nitro benzene ring substituents is 1. The van der Waals surface area contributed by atoms with E-state index in [9.17, 15) is 14.9 Å². The second-order valence-electron chi connectivity index (χ2n) is 5.44. The van der Waals surface area contributed by atoms with Gasteiger partial charge in [-0.1, -0.05) is 19.1 Å². The molecule has 0 aliphatic heterocycles. The lowest BCUT2D eigenvalue weighted by atomic mass is 9.91. The zero-order chi connectivity index (χ0) is 15.3. The summed E-state index contributed by atoms with van der Waals surface area (Å²) in [6.45, 7) is 5.93.